The van der Waals surface area contributed by atoms with Crippen LogP contribution in [0.15, 0.2) is 91.0 Å². The number of aromatic nitrogens is 1. The van der Waals surface area contributed by atoms with Gasteiger partial charge in [0.15, 0.2) is 0 Å². The minimum atomic E-state index is 0.661. The fourth-order valence-electron chi connectivity index (χ4n) is 4.84. The van der Waals surface area contributed by atoms with Gasteiger partial charge in [0.2, 0.25) is 11.6 Å². The zero-order valence-electron chi connectivity index (χ0n) is 19.9. The van der Waals surface area contributed by atoms with Crippen molar-refractivity contribution < 1.29 is 9.88 Å². The number of aromatic amines is 1. The number of nitrogens with zero attached hydrogens (tertiary/aromatic N) is 1. The van der Waals surface area contributed by atoms with Gasteiger partial charge in [0.1, 0.15) is 24.7 Å². The molecular formula is C30H31N5+2. The van der Waals surface area contributed by atoms with Crippen LogP contribution in [0.3, 0.4) is 0 Å². The predicted molar refractivity (Wildman–Crippen MR) is 139 cm³/mol. The number of pyridine rings is 1. The van der Waals surface area contributed by atoms with E-state index in [1.165, 1.54) is 27.2 Å². The zero-order chi connectivity index (χ0) is 23.9. The van der Waals surface area contributed by atoms with Gasteiger partial charge in [-0.2, -0.15) is 5.26 Å². The fourth-order valence-corrected chi connectivity index (χ4v) is 4.84. The minimum Gasteiger partial charge on any atom is -0.327 e. The third-order valence-corrected chi connectivity index (χ3v) is 6.66. The number of fused-ring (bicyclic) bond motifs is 1. The summed E-state index contributed by atoms with van der Waals surface area (Å²) in [7, 11) is 0. The molecule has 2 heterocycles. The summed E-state index contributed by atoms with van der Waals surface area (Å²) in [4.78, 5) is 5.07. The number of hydrogen-bond donors (Lipinski definition) is 3. The molecule has 4 N–H and O–H groups in total. The van der Waals surface area contributed by atoms with Gasteiger partial charge >= 0.3 is 0 Å². The third kappa shape index (κ3) is 5.51. The van der Waals surface area contributed by atoms with Crippen LogP contribution in [0.25, 0.3) is 0 Å². The second kappa shape index (κ2) is 10.9. The summed E-state index contributed by atoms with van der Waals surface area (Å²) < 4.78 is 0. The van der Waals surface area contributed by atoms with Gasteiger partial charge in [0.05, 0.1) is 25.2 Å². The van der Waals surface area contributed by atoms with Crippen molar-refractivity contribution >= 4 is 11.6 Å². The normalized spacial score (nSPS) is 14.5. The number of nitrogens with one attached hydrogen (secondary N) is 4. The molecule has 1 atom stereocenters. The summed E-state index contributed by atoms with van der Waals surface area (Å²) in [5, 5.41) is 17.3. The molecule has 1 aliphatic rings. The smallest absolute Gasteiger partial charge is 0.237 e. The topological polar surface area (TPSA) is 66.4 Å². The van der Waals surface area contributed by atoms with E-state index in [0.717, 1.165) is 55.4 Å². The number of rotatable bonds is 8. The van der Waals surface area contributed by atoms with Crippen molar-refractivity contribution in [3.05, 3.63) is 124 Å². The monoisotopic (exact) mass is 461 g/mol. The highest BCUT2D eigenvalue weighted by atomic mass is 15.1. The molecule has 35 heavy (non-hydrogen) atoms. The largest absolute Gasteiger partial charge is 0.327 e. The van der Waals surface area contributed by atoms with E-state index in [4.69, 9.17) is 0 Å². The molecule has 0 spiro atoms. The van der Waals surface area contributed by atoms with Gasteiger partial charge in [-0.1, -0.05) is 91.0 Å². The van der Waals surface area contributed by atoms with Crippen molar-refractivity contribution in [2.75, 3.05) is 17.2 Å². The Morgan fingerprint density at radius 3 is 1.83 bits per heavy atom. The lowest BCUT2D eigenvalue weighted by atomic mass is 9.95. The second-order valence-electron chi connectivity index (χ2n) is 9.09. The van der Waals surface area contributed by atoms with Gasteiger partial charge in [0, 0.05) is 12.0 Å². The van der Waals surface area contributed by atoms with E-state index in [1.54, 1.807) is 0 Å². The Kier molecular flexibility index (Phi) is 7.02. The van der Waals surface area contributed by atoms with E-state index in [2.05, 4.69) is 88.4 Å². The Hall–Kier alpha value is -4.14. The Labute approximate surface area is 207 Å². The number of hydrogen-bond acceptors (Lipinski definition) is 3. The standard InChI is InChI=1S/C30H29N5/c31-18-27-26-16-17-35(21-25-14-8-3-9-15-25)22-28(26)30(33-20-24-12-6-2-7-13-24)34-29(27)32-19-23-10-4-1-5-11-23/h1-15H,16-17,19-22H2,(H2,32,33,34)/p+2. The van der Waals surface area contributed by atoms with Crippen LogP contribution in [0, 0.1) is 11.3 Å². The first kappa shape index (κ1) is 22.6. The molecule has 0 bridgehead atoms. The lowest BCUT2D eigenvalue weighted by molar-refractivity contribution is -0.929. The number of nitriles is 1. The van der Waals surface area contributed by atoms with Crippen molar-refractivity contribution in [3.8, 4) is 6.07 Å². The van der Waals surface area contributed by atoms with Gasteiger partial charge in [-0.3, -0.25) is 0 Å². The molecule has 0 fully saturated rings. The first-order chi connectivity index (χ1) is 17.3. The van der Waals surface area contributed by atoms with E-state index >= 15 is 0 Å². The van der Waals surface area contributed by atoms with Crippen LogP contribution in [0.5, 0.6) is 0 Å². The summed E-state index contributed by atoms with van der Waals surface area (Å²) in [6.07, 6.45) is 0.884. The Morgan fingerprint density at radius 2 is 1.26 bits per heavy atom. The zero-order valence-corrected chi connectivity index (χ0v) is 19.9. The highest BCUT2D eigenvalue weighted by Gasteiger charge is 2.30. The molecule has 0 saturated carbocycles. The molecule has 1 aromatic heterocycles. The molecule has 1 unspecified atom stereocenters. The summed E-state index contributed by atoms with van der Waals surface area (Å²) >= 11 is 0. The van der Waals surface area contributed by atoms with Crippen LogP contribution in [0.4, 0.5) is 11.6 Å². The highest BCUT2D eigenvalue weighted by Crippen LogP contribution is 2.26. The number of anilines is 2. The number of benzene rings is 3. The first-order valence-electron chi connectivity index (χ1n) is 12.2. The molecule has 5 nitrogen and oxygen atoms in total. The van der Waals surface area contributed by atoms with E-state index in [-0.39, 0.29) is 0 Å². The average molecular weight is 462 g/mol. The maximum atomic E-state index is 10.1. The van der Waals surface area contributed by atoms with Crippen molar-refractivity contribution in [1.29, 1.82) is 5.26 Å². The van der Waals surface area contributed by atoms with Crippen LogP contribution in [-0.2, 0) is 32.6 Å². The Bertz CT molecular complexity index is 1300. The molecule has 5 heteroatoms. The van der Waals surface area contributed by atoms with E-state index in [9.17, 15) is 5.26 Å². The van der Waals surface area contributed by atoms with Crippen LogP contribution in [0.1, 0.15) is 33.4 Å². The molecule has 174 valence electrons. The van der Waals surface area contributed by atoms with E-state index in [1.807, 2.05) is 24.3 Å². The second-order valence-corrected chi connectivity index (χ2v) is 9.09. The van der Waals surface area contributed by atoms with Gasteiger partial charge in [-0.25, -0.2) is 4.98 Å². The summed E-state index contributed by atoms with van der Waals surface area (Å²) in [6, 6.07) is 33.9. The van der Waals surface area contributed by atoms with Gasteiger partial charge in [-0.15, -0.1) is 0 Å². The molecule has 5 rings (SSSR count). The SMILES string of the molecule is N#Cc1c(NCc2ccccc2)[nH+]c(NCc2ccccc2)c2c1CC[NH+](Cc1ccccc1)C2. The van der Waals surface area contributed by atoms with E-state index in [0.29, 0.717) is 6.54 Å². The lowest BCUT2D eigenvalue weighted by Crippen LogP contribution is -3.10. The van der Waals surface area contributed by atoms with Crippen LogP contribution in [0.2, 0.25) is 0 Å². The Morgan fingerprint density at radius 1 is 0.714 bits per heavy atom. The van der Waals surface area contributed by atoms with Gasteiger partial charge in [-0.05, 0) is 16.7 Å². The van der Waals surface area contributed by atoms with Gasteiger partial charge < -0.3 is 15.5 Å². The van der Waals surface area contributed by atoms with Crippen LogP contribution >= 0.6 is 0 Å². The Balaban J connectivity index is 1.45. The molecular weight excluding hydrogens is 430 g/mol. The third-order valence-electron chi connectivity index (χ3n) is 6.66. The number of H-pyrrole nitrogens is 1. The van der Waals surface area contributed by atoms with Crippen molar-refractivity contribution in [1.82, 2.24) is 0 Å². The summed E-state index contributed by atoms with van der Waals surface area (Å²) in [5.41, 5.74) is 6.87. The minimum absolute atomic E-state index is 0.661. The predicted octanol–water partition coefficient (Wildman–Crippen LogP) is 3.74. The highest BCUT2D eigenvalue weighted by molar-refractivity contribution is 5.61. The molecule has 0 aliphatic carbocycles. The van der Waals surface area contributed by atoms with Crippen molar-refractivity contribution in [2.45, 2.75) is 32.6 Å². The molecule has 0 radical (unpaired) electrons. The van der Waals surface area contributed by atoms with Gasteiger partial charge in [0.25, 0.3) is 0 Å². The maximum absolute atomic E-state index is 10.1. The summed E-state index contributed by atoms with van der Waals surface area (Å²) in [6.45, 7) is 4.26. The quantitative estimate of drug-likeness (QED) is 0.375. The molecule has 0 amide bonds. The maximum Gasteiger partial charge on any atom is 0.237 e. The molecule has 4 aromatic rings. The van der Waals surface area contributed by atoms with Crippen LogP contribution < -0.4 is 20.5 Å². The number of quaternary nitrogens is 1. The molecule has 3 aromatic carbocycles. The fraction of sp³-hybridized carbons (Fsp3) is 0.200. The van der Waals surface area contributed by atoms with E-state index < -0.39 is 0 Å². The van der Waals surface area contributed by atoms with Crippen molar-refractivity contribution in [3.63, 3.8) is 0 Å². The molecule has 1 aliphatic heterocycles. The lowest BCUT2D eigenvalue weighted by Gasteiger charge is -2.27. The van der Waals surface area contributed by atoms with Crippen LogP contribution in [-0.4, -0.2) is 6.54 Å². The summed E-state index contributed by atoms with van der Waals surface area (Å²) in [5.74, 6) is 1.79. The average Bonchev–Trinajstić information content (AvgIpc) is 2.92. The van der Waals surface area contributed by atoms with Crippen molar-refractivity contribution in [2.24, 2.45) is 0 Å². The first-order valence-corrected chi connectivity index (χ1v) is 12.2. The molecule has 0 saturated heterocycles.